The molecule has 0 saturated carbocycles. The maximum Gasteiger partial charge on any atom is 0.323 e. The number of carbonyl (C=O) groups excluding carboxylic acids is 1. The lowest BCUT2D eigenvalue weighted by molar-refractivity contribution is -0.384. The topological polar surface area (TPSA) is 108 Å². The van der Waals surface area contributed by atoms with Crippen molar-refractivity contribution in [2.45, 2.75) is 19.4 Å². The Labute approximate surface area is 134 Å². The van der Waals surface area contributed by atoms with Crippen molar-refractivity contribution in [3.63, 3.8) is 0 Å². The molecule has 1 atom stereocenters. The Hall–Kier alpha value is -2.19. The zero-order chi connectivity index (χ0) is 16.8. The van der Waals surface area contributed by atoms with Crippen molar-refractivity contribution in [3.8, 4) is 0 Å². The number of benzene rings is 1. The van der Waals surface area contributed by atoms with Gasteiger partial charge in [0.25, 0.3) is 5.69 Å². The smallest absolute Gasteiger partial charge is 0.323 e. The van der Waals surface area contributed by atoms with Gasteiger partial charge in [0, 0.05) is 37.3 Å². The van der Waals surface area contributed by atoms with Gasteiger partial charge in [0.05, 0.1) is 24.7 Å². The Balaban J connectivity index is 2.26. The summed E-state index contributed by atoms with van der Waals surface area (Å²) < 4.78 is 10.2. The number of nitrogens with two attached hydrogens (primary N) is 1. The molecule has 1 saturated heterocycles. The number of carbonyl (C=O) groups is 1. The van der Waals surface area contributed by atoms with Crippen molar-refractivity contribution in [1.29, 1.82) is 0 Å². The van der Waals surface area contributed by atoms with Gasteiger partial charge in [0.2, 0.25) is 0 Å². The number of esters is 1. The van der Waals surface area contributed by atoms with Gasteiger partial charge < -0.3 is 20.1 Å². The lowest BCUT2D eigenvalue weighted by atomic mass is 10.0. The highest BCUT2D eigenvalue weighted by Crippen LogP contribution is 2.27. The molecule has 2 rings (SSSR count). The zero-order valence-corrected chi connectivity index (χ0v) is 13.1. The molecule has 1 aliphatic heterocycles. The van der Waals surface area contributed by atoms with Crippen molar-refractivity contribution < 1.29 is 19.2 Å². The fraction of sp³-hybridized carbons (Fsp3) is 0.533. The zero-order valence-electron chi connectivity index (χ0n) is 13.1. The van der Waals surface area contributed by atoms with Crippen LogP contribution in [0.4, 0.5) is 11.4 Å². The van der Waals surface area contributed by atoms with E-state index in [9.17, 15) is 14.9 Å². The number of morpholine rings is 1. The van der Waals surface area contributed by atoms with Gasteiger partial charge in [-0.25, -0.2) is 0 Å². The standard InChI is InChI=1S/C15H21N3O5/c1-2-23-15(19)13(16)10-11-9-12(18(20)21)3-4-14(11)17-5-7-22-8-6-17/h3-4,9,13H,2,5-8,10,16H2,1H3. The van der Waals surface area contributed by atoms with E-state index in [-0.39, 0.29) is 18.7 Å². The summed E-state index contributed by atoms with van der Waals surface area (Å²) in [5.74, 6) is -0.507. The summed E-state index contributed by atoms with van der Waals surface area (Å²) in [6.07, 6.45) is 0.188. The van der Waals surface area contributed by atoms with E-state index in [1.54, 1.807) is 13.0 Å². The van der Waals surface area contributed by atoms with Crippen LogP contribution in [0.1, 0.15) is 12.5 Å². The first-order chi connectivity index (χ1) is 11.0. The van der Waals surface area contributed by atoms with Gasteiger partial charge >= 0.3 is 5.97 Å². The summed E-state index contributed by atoms with van der Waals surface area (Å²) in [4.78, 5) is 24.4. The van der Waals surface area contributed by atoms with Crippen molar-refractivity contribution in [2.75, 3.05) is 37.8 Å². The Morgan fingerprint density at radius 1 is 1.48 bits per heavy atom. The van der Waals surface area contributed by atoms with Crippen LogP contribution in [0.15, 0.2) is 18.2 Å². The molecule has 0 radical (unpaired) electrons. The second kappa shape index (κ2) is 7.89. The highest BCUT2D eigenvalue weighted by Gasteiger charge is 2.22. The second-order valence-corrected chi connectivity index (χ2v) is 5.23. The molecular weight excluding hydrogens is 302 g/mol. The van der Waals surface area contributed by atoms with Gasteiger partial charge in [-0.3, -0.25) is 14.9 Å². The summed E-state index contributed by atoms with van der Waals surface area (Å²) in [6, 6.07) is 3.79. The fourth-order valence-electron chi connectivity index (χ4n) is 2.53. The largest absolute Gasteiger partial charge is 0.465 e. The Morgan fingerprint density at radius 2 is 2.17 bits per heavy atom. The molecule has 1 aromatic carbocycles. The van der Waals surface area contributed by atoms with Crippen LogP contribution in [0.25, 0.3) is 0 Å². The van der Waals surface area contributed by atoms with Gasteiger partial charge in [0.1, 0.15) is 6.04 Å². The van der Waals surface area contributed by atoms with Crippen molar-refractivity contribution >= 4 is 17.3 Å². The van der Waals surface area contributed by atoms with Crippen LogP contribution >= 0.6 is 0 Å². The van der Waals surface area contributed by atoms with Gasteiger partial charge in [-0.15, -0.1) is 0 Å². The summed E-state index contributed by atoms with van der Waals surface area (Å²) in [5.41, 5.74) is 7.37. The lowest BCUT2D eigenvalue weighted by Gasteiger charge is -2.31. The number of nitro groups is 1. The molecule has 0 aliphatic carbocycles. The molecule has 23 heavy (non-hydrogen) atoms. The number of hydrogen-bond donors (Lipinski definition) is 1. The predicted molar refractivity (Wildman–Crippen MR) is 84.4 cm³/mol. The van der Waals surface area contributed by atoms with Gasteiger partial charge in [-0.05, 0) is 18.6 Å². The first-order valence-electron chi connectivity index (χ1n) is 7.55. The van der Waals surface area contributed by atoms with Gasteiger partial charge in [-0.2, -0.15) is 0 Å². The first-order valence-corrected chi connectivity index (χ1v) is 7.55. The highest BCUT2D eigenvalue weighted by atomic mass is 16.6. The molecule has 0 spiro atoms. The quantitative estimate of drug-likeness (QED) is 0.470. The number of ether oxygens (including phenoxy) is 2. The number of nitrogens with zero attached hydrogens (tertiary/aromatic N) is 2. The van der Waals surface area contributed by atoms with Crippen LogP contribution in [0.2, 0.25) is 0 Å². The van der Waals surface area contributed by atoms with Crippen LogP contribution in [0, 0.1) is 10.1 Å². The molecule has 126 valence electrons. The molecule has 1 aromatic rings. The number of nitro benzene ring substituents is 1. The third-order valence-corrected chi connectivity index (χ3v) is 3.65. The van der Waals surface area contributed by atoms with Crippen molar-refractivity contribution in [3.05, 3.63) is 33.9 Å². The maximum absolute atomic E-state index is 11.7. The number of rotatable bonds is 6. The highest BCUT2D eigenvalue weighted by molar-refractivity contribution is 5.76. The average molecular weight is 323 g/mol. The van der Waals surface area contributed by atoms with Gasteiger partial charge in [-0.1, -0.05) is 0 Å². The van der Waals surface area contributed by atoms with Crippen molar-refractivity contribution in [2.24, 2.45) is 5.73 Å². The van der Waals surface area contributed by atoms with E-state index < -0.39 is 16.9 Å². The Kier molecular flexibility index (Phi) is 5.89. The summed E-state index contributed by atoms with van der Waals surface area (Å²) >= 11 is 0. The molecule has 0 amide bonds. The molecule has 0 bridgehead atoms. The SMILES string of the molecule is CCOC(=O)C(N)Cc1cc([N+](=O)[O-])ccc1N1CCOCC1. The molecular formula is C15H21N3O5. The molecule has 1 aliphatic rings. The van der Waals surface area contributed by atoms with E-state index in [1.807, 2.05) is 0 Å². The third kappa shape index (κ3) is 4.40. The molecule has 8 heteroatoms. The predicted octanol–water partition coefficient (Wildman–Crippen LogP) is 0.864. The minimum Gasteiger partial charge on any atom is -0.465 e. The van der Waals surface area contributed by atoms with Crippen molar-refractivity contribution in [1.82, 2.24) is 0 Å². The van der Waals surface area contributed by atoms with E-state index in [0.29, 0.717) is 31.9 Å². The summed E-state index contributed by atoms with van der Waals surface area (Å²) in [6.45, 7) is 4.54. The van der Waals surface area contributed by atoms with Crippen LogP contribution in [-0.2, 0) is 20.7 Å². The molecule has 1 fully saturated rings. The summed E-state index contributed by atoms with van der Waals surface area (Å²) in [5, 5.41) is 11.0. The molecule has 1 heterocycles. The van der Waals surface area contributed by atoms with Crippen LogP contribution in [0.3, 0.4) is 0 Å². The lowest BCUT2D eigenvalue weighted by Crippen LogP contribution is -2.38. The normalized spacial score (nSPS) is 16.0. The second-order valence-electron chi connectivity index (χ2n) is 5.23. The van der Waals surface area contributed by atoms with E-state index in [4.69, 9.17) is 15.2 Å². The number of non-ortho nitro benzene ring substituents is 1. The maximum atomic E-state index is 11.7. The number of anilines is 1. The minimum atomic E-state index is -0.850. The Morgan fingerprint density at radius 3 is 2.78 bits per heavy atom. The Bertz CT molecular complexity index is 572. The third-order valence-electron chi connectivity index (χ3n) is 3.65. The van der Waals surface area contributed by atoms with Crippen LogP contribution < -0.4 is 10.6 Å². The van der Waals surface area contributed by atoms with Crippen LogP contribution in [-0.4, -0.2) is 49.8 Å². The van der Waals surface area contributed by atoms with E-state index in [1.165, 1.54) is 12.1 Å². The van der Waals surface area contributed by atoms with E-state index >= 15 is 0 Å². The van der Waals surface area contributed by atoms with Gasteiger partial charge in [0.15, 0.2) is 0 Å². The molecule has 1 unspecified atom stereocenters. The van der Waals surface area contributed by atoms with E-state index in [2.05, 4.69) is 4.90 Å². The minimum absolute atomic E-state index is 0.0203. The first kappa shape index (κ1) is 17.2. The molecule has 0 aromatic heterocycles. The van der Waals surface area contributed by atoms with E-state index in [0.717, 1.165) is 5.69 Å². The fourth-order valence-corrected chi connectivity index (χ4v) is 2.53. The number of hydrogen-bond acceptors (Lipinski definition) is 7. The summed E-state index contributed by atoms with van der Waals surface area (Å²) in [7, 11) is 0. The monoisotopic (exact) mass is 323 g/mol. The average Bonchev–Trinajstić information content (AvgIpc) is 2.55. The van der Waals surface area contributed by atoms with Crippen LogP contribution in [0.5, 0.6) is 0 Å². The molecule has 8 nitrogen and oxygen atoms in total. The molecule has 2 N–H and O–H groups in total.